The molecule has 0 radical (unpaired) electrons. The van der Waals surface area contributed by atoms with Crippen molar-refractivity contribution in [3.63, 3.8) is 0 Å². The second-order valence-electron chi connectivity index (χ2n) is 19.6. The van der Waals surface area contributed by atoms with Crippen LogP contribution < -0.4 is 0 Å². The number of alkyl halides is 2. The van der Waals surface area contributed by atoms with Crippen molar-refractivity contribution in [1.29, 1.82) is 0 Å². The highest BCUT2D eigenvalue weighted by atomic mass is 19.3. The van der Waals surface area contributed by atoms with Crippen molar-refractivity contribution in [1.82, 2.24) is 9.80 Å². The fraction of sp³-hybridized carbons (Fsp3) is 0.878. The first-order chi connectivity index (χ1) is 22.9. The normalized spacial score (nSPS) is 46.8. The largest absolute Gasteiger partial charge is 0.462 e. The molecule has 7 fully saturated rings. The minimum Gasteiger partial charge on any atom is -0.462 e. The molecule has 8 heteroatoms. The van der Waals surface area contributed by atoms with Gasteiger partial charge in [-0.05, 0) is 122 Å². The number of carbonyl (C=O) groups is 3. The first-order valence-electron chi connectivity index (χ1n) is 19.8. The van der Waals surface area contributed by atoms with E-state index in [0.717, 1.165) is 76.2 Å². The van der Waals surface area contributed by atoms with Crippen LogP contribution in [-0.4, -0.2) is 70.7 Å². The fourth-order valence-electron chi connectivity index (χ4n) is 14.7. The number of allylic oxidation sites excluding steroid dienone is 1. The molecule has 1 spiro atoms. The Hall–Kier alpha value is -1.83. The Morgan fingerprint density at radius 1 is 0.878 bits per heavy atom. The Kier molecular flexibility index (Phi) is 7.59. The van der Waals surface area contributed by atoms with Gasteiger partial charge in [0.2, 0.25) is 5.91 Å². The molecule has 6 aliphatic carbocycles. The molecular weight excluding hydrogens is 622 g/mol. The molecule has 49 heavy (non-hydrogen) atoms. The van der Waals surface area contributed by atoms with Gasteiger partial charge in [-0.25, -0.2) is 8.78 Å². The van der Waals surface area contributed by atoms with Crippen LogP contribution in [0.4, 0.5) is 8.78 Å². The van der Waals surface area contributed by atoms with Crippen LogP contribution in [0.2, 0.25) is 0 Å². The third kappa shape index (κ3) is 4.65. The van der Waals surface area contributed by atoms with Gasteiger partial charge in [-0.2, -0.15) is 0 Å². The summed E-state index contributed by atoms with van der Waals surface area (Å²) in [5, 5.41) is 0. The third-order valence-corrected chi connectivity index (χ3v) is 16.7. The van der Waals surface area contributed by atoms with Gasteiger partial charge in [0, 0.05) is 44.3 Å². The van der Waals surface area contributed by atoms with Crippen molar-refractivity contribution in [3.8, 4) is 0 Å². The van der Waals surface area contributed by atoms with E-state index in [1.165, 1.54) is 12.5 Å². The summed E-state index contributed by atoms with van der Waals surface area (Å²) in [6, 6.07) is 0.0135. The Bertz CT molecular complexity index is 1490. The quantitative estimate of drug-likeness (QED) is 0.282. The molecule has 0 aromatic heterocycles. The van der Waals surface area contributed by atoms with Gasteiger partial charge < -0.3 is 9.64 Å². The van der Waals surface area contributed by atoms with Crippen molar-refractivity contribution in [3.05, 3.63) is 11.1 Å². The van der Waals surface area contributed by atoms with E-state index in [4.69, 9.17) is 4.74 Å². The summed E-state index contributed by atoms with van der Waals surface area (Å²) in [5.41, 5.74) is 1.20. The number of rotatable bonds is 4. The third-order valence-electron chi connectivity index (χ3n) is 16.7. The van der Waals surface area contributed by atoms with E-state index >= 15 is 4.79 Å². The van der Waals surface area contributed by atoms with Gasteiger partial charge >= 0.3 is 5.97 Å². The minimum absolute atomic E-state index is 0.0135. The molecule has 8 unspecified atom stereocenters. The van der Waals surface area contributed by atoms with E-state index in [9.17, 15) is 18.4 Å². The standard InChI is InChI=1S/C41H60F2N2O4/c1-24(2)33-28(47)21-39(35(48)45-19-8-14-40(45)22-31(40)44-20-18-41(42,43)23-44)17-11-27-26(34(33)39)9-10-30-37(27,6)15-12-29-36(4,5)32(49-25(3)46)13-16-38(29,30)7/h24,26-27,29-32H,8-23H2,1-7H3/t26-,27?,29?,30?,31?,32?,37?,38?,39+,40?/m0/s1. The average molecular weight is 683 g/mol. The van der Waals surface area contributed by atoms with E-state index < -0.39 is 11.3 Å². The monoisotopic (exact) mass is 682 g/mol. The highest BCUT2D eigenvalue weighted by Crippen LogP contribution is 2.73. The summed E-state index contributed by atoms with van der Waals surface area (Å²) in [6.07, 6.45) is 10.8. The van der Waals surface area contributed by atoms with E-state index in [0.29, 0.717) is 37.3 Å². The smallest absolute Gasteiger partial charge is 0.302 e. The second kappa shape index (κ2) is 10.9. The predicted molar refractivity (Wildman–Crippen MR) is 184 cm³/mol. The van der Waals surface area contributed by atoms with Crippen molar-refractivity contribution < 1.29 is 27.9 Å². The summed E-state index contributed by atoms with van der Waals surface area (Å²) < 4.78 is 34.5. The van der Waals surface area contributed by atoms with E-state index in [1.54, 1.807) is 0 Å². The van der Waals surface area contributed by atoms with Gasteiger partial charge in [0.15, 0.2) is 5.78 Å². The lowest BCUT2D eigenvalue weighted by Gasteiger charge is -2.68. The molecule has 0 aromatic carbocycles. The lowest BCUT2D eigenvalue weighted by atomic mass is 9.36. The molecule has 8 aliphatic rings. The maximum atomic E-state index is 15.3. The van der Waals surface area contributed by atoms with E-state index in [-0.39, 0.29) is 76.4 Å². The summed E-state index contributed by atoms with van der Waals surface area (Å²) in [5.74, 6) is -0.745. The number of hydrogen-bond donors (Lipinski definition) is 0. The molecule has 272 valence electrons. The Morgan fingerprint density at radius 3 is 2.29 bits per heavy atom. The topological polar surface area (TPSA) is 66.9 Å². The number of halogens is 2. The fourth-order valence-corrected chi connectivity index (χ4v) is 14.7. The number of hydrogen-bond acceptors (Lipinski definition) is 5. The molecule has 10 atom stereocenters. The molecule has 0 aromatic rings. The number of likely N-dealkylation sites (tertiary alicyclic amines) is 2. The highest BCUT2D eigenvalue weighted by molar-refractivity contribution is 6.07. The molecule has 5 saturated carbocycles. The van der Waals surface area contributed by atoms with Crippen LogP contribution in [0.3, 0.4) is 0 Å². The number of esters is 1. The number of ketones is 1. The molecule has 2 heterocycles. The van der Waals surface area contributed by atoms with Crippen LogP contribution in [0.5, 0.6) is 0 Å². The lowest BCUT2D eigenvalue weighted by molar-refractivity contribution is -0.212. The van der Waals surface area contributed by atoms with Gasteiger partial charge in [-0.1, -0.05) is 41.5 Å². The van der Waals surface area contributed by atoms with Gasteiger partial charge in [0.05, 0.1) is 17.5 Å². The van der Waals surface area contributed by atoms with E-state index in [2.05, 4.69) is 46.4 Å². The number of carbonyl (C=O) groups excluding carboxylic acids is 3. The van der Waals surface area contributed by atoms with Crippen molar-refractivity contribution in [2.75, 3.05) is 19.6 Å². The maximum absolute atomic E-state index is 15.3. The van der Waals surface area contributed by atoms with Gasteiger partial charge in [-0.15, -0.1) is 0 Å². The van der Waals surface area contributed by atoms with Crippen LogP contribution in [-0.2, 0) is 19.1 Å². The molecule has 6 nitrogen and oxygen atoms in total. The second-order valence-corrected chi connectivity index (χ2v) is 19.6. The molecular formula is C41H60F2N2O4. The Labute approximate surface area is 292 Å². The van der Waals surface area contributed by atoms with Crippen molar-refractivity contribution in [2.45, 2.75) is 156 Å². The number of amides is 1. The summed E-state index contributed by atoms with van der Waals surface area (Å²) in [7, 11) is 0. The van der Waals surface area contributed by atoms with Gasteiger partial charge in [0.25, 0.3) is 5.92 Å². The van der Waals surface area contributed by atoms with Gasteiger partial charge in [-0.3, -0.25) is 19.3 Å². The van der Waals surface area contributed by atoms with E-state index in [1.807, 2.05) is 4.90 Å². The molecule has 2 aliphatic heterocycles. The zero-order chi connectivity index (χ0) is 35.1. The Balaban J connectivity index is 1.11. The maximum Gasteiger partial charge on any atom is 0.302 e. The minimum atomic E-state index is -2.64. The molecule has 8 rings (SSSR count). The average Bonchev–Trinajstić information content (AvgIpc) is 3.24. The first-order valence-corrected chi connectivity index (χ1v) is 19.8. The zero-order valence-electron chi connectivity index (χ0n) is 31.1. The van der Waals surface area contributed by atoms with Crippen molar-refractivity contribution in [2.24, 2.45) is 51.2 Å². The SMILES string of the molecule is CC(=O)OC1CCC2(C)C(CCC3(C)C4CC[C@@]5(C(=O)N6CCCC67CC7N6CCC(F)(F)C6)CC(=O)C(C(C)C)=C5[C@H]4CCC32)C1(C)C. The summed E-state index contributed by atoms with van der Waals surface area (Å²) in [6.45, 7) is 16.4. The van der Waals surface area contributed by atoms with Crippen LogP contribution >= 0.6 is 0 Å². The Morgan fingerprint density at radius 2 is 1.61 bits per heavy atom. The molecule has 0 N–H and O–H groups in total. The molecule has 0 bridgehead atoms. The van der Waals surface area contributed by atoms with Crippen LogP contribution in [0.25, 0.3) is 0 Å². The number of ether oxygens (including phenoxy) is 1. The summed E-state index contributed by atoms with van der Waals surface area (Å²) in [4.78, 5) is 45.5. The van der Waals surface area contributed by atoms with Crippen LogP contribution in [0, 0.1) is 51.2 Å². The predicted octanol–water partition coefficient (Wildman–Crippen LogP) is 7.98. The number of nitrogens with zero attached hydrogens (tertiary/aromatic N) is 2. The molecule has 1 amide bonds. The van der Waals surface area contributed by atoms with Crippen molar-refractivity contribution >= 4 is 17.7 Å². The van der Waals surface area contributed by atoms with Crippen LogP contribution in [0.1, 0.15) is 132 Å². The number of Topliss-reactive ketones (excluding diaryl/α,β-unsaturated/α-hetero) is 1. The van der Waals surface area contributed by atoms with Crippen LogP contribution in [0.15, 0.2) is 11.1 Å². The summed E-state index contributed by atoms with van der Waals surface area (Å²) >= 11 is 0. The number of fused-ring (bicyclic) bond motifs is 7. The highest BCUT2D eigenvalue weighted by Gasteiger charge is 2.71. The van der Waals surface area contributed by atoms with Gasteiger partial charge in [0.1, 0.15) is 6.10 Å². The lowest BCUT2D eigenvalue weighted by Crippen LogP contribution is -2.63. The molecule has 2 saturated heterocycles. The zero-order valence-corrected chi connectivity index (χ0v) is 31.1. The first kappa shape index (κ1) is 34.3.